The Hall–Kier alpha value is -5.13. The summed E-state index contributed by atoms with van der Waals surface area (Å²) in [6.07, 6.45) is 1.93. The van der Waals surface area contributed by atoms with Crippen LogP contribution in [0, 0.1) is 65.1 Å². The number of hydrogen-bond acceptors (Lipinski definition) is 12. The van der Waals surface area contributed by atoms with Gasteiger partial charge in [0.05, 0.1) is 42.2 Å². The van der Waals surface area contributed by atoms with Gasteiger partial charge in [0.15, 0.2) is 28.9 Å². The van der Waals surface area contributed by atoms with Gasteiger partial charge in [-0.1, -0.05) is 116 Å². The predicted molar refractivity (Wildman–Crippen MR) is 321 cm³/mol. The average molecular weight is 1160 g/mol. The molecule has 1 heterocycles. The van der Waals surface area contributed by atoms with Crippen molar-refractivity contribution in [1.29, 1.82) is 0 Å². The maximum atomic E-state index is 14.8. The molecule has 0 aromatic heterocycles. The molecule has 0 aliphatic carbocycles. The van der Waals surface area contributed by atoms with E-state index in [0.717, 1.165) is 0 Å². The van der Waals surface area contributed by atoms with Gasteiger partial charge in [-0.25, -0.2) is 0 Å². The Kier molecular flexibility index (Phi) is 32.2. The molecule has 12 atom stereocenters. The Morgan fingerprint density at radius 1 is 0.512 bits per heavy atom. The minimum absolute atomic E-state index is 0.0538. The Labute approximate surface area is 493 Å². The first-order valence-corrected chi connectivity index (χ1v) is 30.5. The highest BCUT2D eigenvalue weighted by molar-refractivity contribution is 5.99. The lowest BCUT2D eigenvalue weighted by molar-refractivity contribution is -0.147. The summed E-state index contributed by atoms with van der Waals surface area (Å²) in [7, 11) is 5.99. The smallest absolute Gasteiger partial charge is 0.245 e. The van der Waals surface area contributed by atoms with Crippen LogP contribution in [0.3, 0.4) is 0 Å². The zero-order valence-corrected chi connectivity index (χ0v) is 54.3. The van der Waals surface area contributed by atoms with Gasteiger partial charge < -0.3 is 35.3 Å². The number of rotatable bonds is 15. The Morgan fingerprint density at radius 2 is 0.976 bits per heavy atom. The van der Waals surface area contributed by atoms with E-state index in [2.05, 4.69) is 10.6 Å². The number of Topliss-reactive ketones (excluding diaryl/α,β-unsaturated/α-hetero) is 5. The first kappa shape index (κ1) is 74.9. The number of nitrogens with zero attached hydrogens (tertiary/aromatic N) is 4. The second-order valence-electron chi connectivity index (χ2n) is 26.3. The van der Waals surface area contributed by atoms with Crippen molar-refractivity contribution in [2.75, 3.05) is 28.2 Å². The van der Waals surface area contributed by atoms with Gasteiger partial charge in [0.25, 0.3) is 0 Å². The highest BCUT2D eigenvalue weighted by atomic mass is 16.3. The van der Waals surface area contributed by atoms with Crippen molar-refractivity contribution in [3.05, 3.63) is 12.2 Å². The number of ketones is 5. The lowest BCUT2D eigenvalue weighted by atomic mass is 9.82. The van der Waals surface area contributed by atoms with Crippen molar-refractivity contribution in [3.63, 3.8) is 0 Å². The fraction of sp³-hybridized carbons (Fsp3) is 0.797. The third-order valence-electron chi connectivity index (χ3n) is 16.4. The molecule has 82 heavy (non-hydrogen) atoms. The van der Waals surface area contributed by atoms with Gasteiger partial charge in [0.1, 0.15) is 6.04 Å². The monoisotopic (exact) mass is 1150 g/mol. The number of aliphatic hydroxyl groups excluding tert-OH is 1. The number of aliphatic hydroxyl groups is 1. The minimum Gasteiger partial charge on any atom is -0.392 e. The molecule has 0 spiro atoms. The largest absolute Gasteiger partial charge is 0.392 e. The fourth-order valence-electron chi connectivity index (χ4n) is 11.4. The van der Waals surface area contributed by atoms with Crippen LogP contribution in [0.4, 0.5) is 0 Å². The summed E-state index contributed by atoms with van der Waals surface area (Å²) < 4.78 is 0. The van der Waals surface area contributed by atoms with Gasteiger partial charge in [-0.05, 0) is 93.8 Å². The average Bonchev–Trinajstić information content (AvgIpc) is 3.55. The molecule has 1 saturated heterocycles. The van der Waals surface area contributed by atoms with Crippen molar-refractivity contribution >= 4 is 64.4 Å². The van der Waals surface area contributed by atoms with E-state index < -0.39 is 131 Å². The van der Waals surface area contributed by atoms with Crippen LogP contribution in [0.2, 0.25) is 0 Å². The molecule has 0 bridgehead atoms. The quantitative estimate of drug-likeness (QED) is 0.133. The van der Waals surface area contributed by atoms with Crippen molar-refractivity contribution in [3.8, 4) is 0 Å². The molecule has 1 aliphatic rings. The molecule has 1 unspecified atom stereocenters. The number of allylic oxidation sites excluding steroid dienone is 2. The minimum atomic E-state index is -1.36. The first-order valence-electron chi connectivity index (χ1n) is 30.5. The number of hydrogen-bond donors (Lipinski definition) is 3. The number of amides is 6. The van der Waals surface area contributed by atoms with Gasteiger partial charge in [0, 0.05) is 84.5 Å². The van der Waals surface area contributed by atoms with Crippen LogP contribution in [0.25, 0.3) is 0 Å². The highest BCUT2D eigenvalue weighted by Gasteiger charge is 2.43. The van der Waals surface area contributed by atoms with Gasteiger partial charge in [-0.2, -0.15) is 0 Å². The molecule has 3 N–H and O–H groups in total. The van der Waals surface area contributed by atoms with E-state index in [1.165, 1.54) is 54.7 Å². The Balaban J connectivity index is 4.16. The molecule has 1 rings (SSSR count). The summed E-state index contributed by atoms with van der Waals surface area (Å²) in [5.41, 5.74) is 0. The third-order valence-corrected chi connectivity index (χ3v) is 16.4. The van der Waals surface area contributed by atoms with E-state index in [9.17, 15) is 57.8 Å². The molecule has 6 amide bonds. The van der Waals surface area contributed by atoms with Crippen molar-refractivity contribution in [1.82, 2.24) is 30.2 Å². The van der Waals surface area contributed by atoms with Gasteiger partial charge in [0.2, 0.25) is 35.4 Å². The molecular weight excluding hydrogens is 1040 g/mol. The summed E-state index contributed by atoms with van der Waals surface area (Å²) in [6.45, 7) is 30.7. The SMILES string of the molecule is C/C=C/C[C@@H](C)[C@@H](O)[C@@H]1CC(=O)C(C(C)C)N(C)C(=O)[C@H](CC(C)C)CC(=O)[C@H](CC(C)C)N(C)C(=O)[C@@H](C)NC(=O)[C@H](C)CC(=O)[C@H](CC(C)C)N(C)C(=O)[C@H](C(C)C)CC(=O)[C@H](CC(C)C)N(C)C(=O)CCC(=O)[C@H](CC)NC1=O. The normalized spacial score (nSPS) is 27.5. The Bertz CT molecular complexity index is 2200. The molecular formula is C64H110N6O12. The van der Waals surface area contributed by atoms with E-state index >= 15 is 0 Å². The molecule has 0 radical (unpaired) electrons. The van der Waals surface area contributed by atoms with Crippen LogP contribution >= 0.6 is 0 Å². The third kappa shape index (κ3) is 22.8. The zero-order chi connectivity index (χ0) is 63.4. The highest BCUT2D eigenvalue weighted by Crippen LogP contribution is 2.30. The van der Waals surface area contributed by atoms with E-state index in [1.807, 2.05) is 88.3 Å². The molecule has 0 aromatic rings. The summed E-state index contributed by atoms with van der Waals surface area (Å²) in [6, 6.07) is -6.25. The van der Waals surface area contributed by atoms with Gasteiger partial charge >= 0.3 is 0 Å². The van der Waals surface area contributed by atoms with Crippen molar-refractivity contribution in [2.24, 2.45) is 65.1 Å². The van der Waals surface area contributed by atoms with E-state index in [0.29, 0.717) is 6.42 Å². The Morgan fingerprint density at radius 3 is 1.44 bits per heavy atom. The molecule has 1 aliphatic heterocycles. The summed E-state index contributed by atoms with van der Waals surface area (Å²) >= 11 is 0. The molecule has 1 fully saturated rings. The second kappa shape index (κ2) is 35.2. The number of nitrogens with one attached hydrogen (secondary N) is 2. The van der Waals surface area contributed by atoms with Crippen molar-refractivity contribution < 1.29 is 57.8 Å². The van der Waals surface area contributed by atoms with E-state index in [4.69, 9.17) is 0 Å². The summed E-state index contributed by atoms with van der Waals surface area (Å²) in [5.74, 6) is -11.2. The van der Waals surface area contributed by atoms with Crippen LogP contribution in [-0.2, 0) is 52.7 Å². The number of carbonyl (C=O) groups excluding carboxylic acids is 11. The topological polar surface area (TPSA) is 245 Å². The molecule has 468 valence electrons. The van der Waals surface area contributed by atoms with E-state index in [1.54, 1.807) is 34.6 Å². The fourth-order valence-corrected chi connectivity index (χ4v) is 11.4. The van der Waals surface area contributed by atoms with Crippen LogP contribution in [0.5, 0.6) is 0 Å². The van der Waals surface area contributed by atoms with Crippen LogP contribution in [-0.4, -0.2) is 160 Å². The maximum Gasteiger partial charge on any atom is 0.245 e. The first-order chi connectivity index (χ1) is 37.9. The van der Waals surface area contributed by atoms with Crippen molar-refractivity contribution in [2.45, 2.75) is 237 Å². The molecule has 18 nitrogen and oxygen atoms in total. The standard InChI is InChI=1S/C64H110N6O12/c1-22-24-25-42(15)59(77)47-35-56(75)58(41(13)14)70(21)63(81)45(28-36(3)4)33-54(73)51(31-39(9)10)68(19)62(80)44(17)65-60(78)43(16)32-53(72)50(30-38(7)8)69(20)64(82)46(40(11)12)34-55(74)49(29-37(5)6)67(18)57(76)27-26-52(71)48(23-2)66-61(47)79/h22,24,36-51,58-59,77H,23,25-35H2,1-21H3,(H,65,78)(H,66,79)/b24-22+/t42-,43-,44-,45-,46+,47+,48+,49+,50+,51+,58?,59-/m1/s1. The molecule has 0 aromatic carbocycles. The van der Waals surface area contributed by atoms with Gasteiger partial charge in [-0.15, -0.1) is 0 Å². The molecule has 18 heteroatoms. The lowest BCUT2D eigenvalue weighted by Gasteiger charge is -2.36. The van der Waals surface area contributed by atoms with Crippen LogP contribution in [0.15, 0.2) is 12.2 Å². The lowest BCUT2D eigenvalue weighted by Crippen LogP contribution is -2.53. The summed E-state index contributed by atoms with van der Waals surface area (Å²) in [4.78, 5) is 164. The van der Waals surface area contributed by atoms with Crippen LogP contribution in [0.1, 0.15) is 195 Å². The van der Waals surface area contributed by atoms with Gasteiger partial charge in [-0.3, -0.25) is 52.7 Å². The molecule has 0 saturated carbocycles. The summed E-state index contributed by atoms with van der Waals surface area (Å²) in [5, 5.41) is 17.4. The predicted octanol–water partition coefficient (Wildman–Crippen LogP) is 7.84. The van der Waals surface area contributed by atoms with Crippen LogP contribution < -0.4 is 10.6 Å². The number of likely N-dealkylation sites (N-methyl/N-ethyl adjacent to an activating group) is 4. The number of carbonyl (C=O) groups is 11. The zero-order valence-electron chi connectivity index (χ0n) is 54.3. The maximum absolute atomic E-state index is 14.8. The van der Waals surface area contributed by atoms with E-state index in [-0.39, 0.29) is 111 Å². The second-order valence-corrected chi connectivity index (χ2v) is 26.3.